The van der Waals surface area contributed by atoms with E-state index in [0.717, 1.165) is 13.1 Å². The van der Waals surface area contributed by atoms with Gasteiger partial charge in [-0.25, -0.2) is 0 Å². The van der Waals surface area contributed by atoms with E-state index in [4.69, 9.17) is 4.74 Å². The molecule has 0 atom stereocenters. The number of nitrogens with one attached hydrogen (secondary N) is 2. The highest BCUT2D eigenvalue weighted by molar-refractivity contribution is 6.45. The molecule has 1 aliphatic rings. The molecule has 0 aromatic carbocycles. The van der Waals surface area contributed by atoms with Crippen LogP contribution in [-0.4, -0.2) is 63.1 Å². The molecule has 0 aliphatic carbocycles. The molecule has 1 aliphatic heterocycles. The number of aliphatic imine (C=N–C) groups is 1. The molecule has 2 N–H and O–H groups in total. The highest BCUT2D eigenvalue weighted by atomic mass is 16.5. The number of guanidine groups is 1. The van der Waals surface area contributed by atoms with Gasteiger partial charge in [0, 0.05) is 20.2 Å². The molecule has 0 aromatic heterocycles. The van der Waals surface area contributed by atoms with E-state index < -0.39 is 11.8 Å². The number of carbonyl (C=O) groups excluding carboxylic acids is 2. The minimum atomic E-state index is -0.661. The van der Waals surface area contributed by atoms with E-state index >= 15 is 0 Å². The zero-order valence-corrected chi connectivity index (χ0v) is 9.45. The zero-order chi connectivity index (χ0) is 12.0. The Bertz CT molecular complexity index is 285. The Morgan fingerprint density at radius 3 is 2.44 bits per heavy atom. The van der Waals surface area contributed by atoms with Crippen LogP contribution in [0.25, 0.3) is 0 Å². The number of methoxy groups -OCH3 is 1. The van der Waals surface area contributed by atoms with Crippen molar-refractivity contribution < 1.29 is 14.3 Å². The highest BCUT2D eigenvalue weighted by Gasteiger charge is 2.24. The zero-order valence-electron chi connectivity index (χ0n) is 9.45. The Morgan fingerprint density at radius 2 is 1.88 bits per heavy atom. The van der Waals surface area contributed by atoms with Crippen molar-refractivity contribution >= 4 is 17.8 Å². The van der Waals surface area contributed by atoms with E-state index in [1.807, 2.05) is 11.9 Å². The Labute approximate surface area is 93.8 Å². The van der Waals surface area contributed by atoms with E-state index in [1.54, 1.807) is 7.11 Å². The third-order valence-corrected chi connectivity index (χ3v) is 2.10. The second-order valence-corrected chi connectivity index (χ2v) is 3.43. The van der Waals surface area contributed by atoms with Crippen molar-refractivity contribution in [2.45, 2.75) is 0 Å². The third-order valence-electron chi connectivity index (χ3n) is 2.10. The summed E-state index contributed by atoms with van der Waals surface area (Å²) in [5, 5.41) is 4.66. The minimum absolute atomic E-state index is 0.232. The maximum Gasteiger partial charge on any atom is 0.316 e. The normalized spacial score (nSPS) is 15.3. The molecule has 0 saturated carbocycles. The standard InChI is InChI=1S/C9H16N4O3/c1-13(5-6-16-2)4-3-10-9-11-7(14)8(15)12-9/h3-6H2,1-2H3,(H2,10,11,12,14,15). The van der Waals surface area contributed by atoms with Gasteiger partial charge in [0.2, 0.25) is 5.96 Å². The van der Waals surface area contributed by atoms with Gasteiger partial charge in [0.1, 0.15) is 0 Å². The van der Waals surface area contributed by atoms with Crippen LogP contribution < -0.4 is 10.6 Å². The number of amides is 2. The second-order valence-electron chi connectivity index (χ2n) is 3.43. The monoisotopic (exact) mass is 228 g/mol. The number of hydrogen-bond donors (Lipinski definition) is 2. The van der Waals surface area contributed by atoms with Gasteiger partial charge in [-0.1, -0.05) is 0 Å². The van der Waals surface area contributed by atoms with Crippen LogP contribution >= 0.6 is 0 Å². The number of ether oxygens (including phenoxy) is 1. The van der Waals surface area contributed by atoms with Gasteiger partial charge < -0.3 is 9.64 Å². The molecule has 1 rings (SSSR count). The first-order valence-corrected chi connectivity index (χ1v) is 4.97. The first kappa shape index (κ1) is 12.6. The summed E-state index contributed by atoms with van der Waals surface area (Å²) in [7, 11) is 3.60. The number of carbonyl (C=O) groups is 2. The molecule has 1 heterocycles. The average molecular weight is 228 g/mol. The van der Waals surface area contributed by atoms with Crippen LogP contribution in [0.3, 0.4) is 0 Å². The molecule has 90 valence electrons. The van der Waals surface area contributed by atoms with Gasteiger partial charge >= 0.3 is 11.8 Å². The van der Waals surface area contributed by atoms with E-state index in [9.17, 15) is 9.59 Å². The van der Waals surface area contributed by atoms with Crippen LogP contribution in [0.15, 0.2) is 4.99 Å². The lowest BCUT2D eigenvalue weighted by Crippen LogP contribution is -2.29. The summed E-state index contributed by atoms with van der Waals surface area (Å²) in [6, 6.07) is 0. The van der Waals surface area contributed by atoms with Crippen LogP contribution in [0.2, 0.25) is 0 Å². The number of likely N-dealkylation sites (N-methyl/N-ethyl adjacent to an activating group) is 1. The minimum Gasteiger partial charge on any atom is -0.383 e. The predicted octanol–water partition coefficient (Wildman–Crippen LogP) is -1.83. The summed E-state index contributed by atoms with van der Waals surface area (Å²) in [5.41, 5.74) is 0. The first-order valence-electron chi connectivity index (χ1n) is 4.97. The van der Waals surface area contributed by atoms with Crippen LogP contribution in [0.1, 0.15) is 0 Å². The number of rotatable bonds is 6. The lowest BCUT2D eigenvalue weighted by Gasteiger charge is -2.14. The lowest BCUT2D eigenvalue weighted by molar-refractivity contribution is -0.135. The quantitative estimate of drug-likeness (QED) is 0.524. The van der Waals surface area contributed by atoms with Gasteiger partial charge in [0.25, 0.3) is 0 Å². The van der Waals surface area contributed by atoms with Gasteiger partial charge in [-0.15, -0.1) is 0 Å². The van der Waals surface area contributed by atoms with Gasteiger partial charge in [0.15, 0.2) is 0 Å². The fourth-order valence-corrected chi connectivity index (χ4v) is 1.13. The fraction of sp³-hybridized carbons (Fsp3) is 0.667. The molecule has 0 bridgehead atoms. The van der Waals surface area contributed by atoms with Gasteiger partial charge in [0.05, 0.1) is 13.2 Å². The summed E-state index contributed by atoms with van der Waals surface area (Å²) in [5.74, 6) is -1.09. The molecule has 1 fully saturated rings. The molecule has 7 heteroatoms. The van der Waals surface area contributed by atoms with Crippen molar-refractivity contribution in [3.05, 3.63) is 0 Å². The topological polar surface area (TPSA) is 83.0 Å². The number of nitrogens with zero attached hydrogens (tertiary/aromatic N) is 2. The summed E-state index contributed by atoms with van der Waals surface area (Å²) in [6.45, 7) is 2.73. The fourth-order valence-electron chi connectivity index (χ4n) is 1.13. The summed E-state index contributed by atoms with van der Waals surface area (Å²) >= 11 is 0. The van der Waals surface area contributed by atoms with E-state index in [-0.39, 0.29) is 5.96 Å². The van der Waals surface area contributed by atoms with Gasteiger partial charge in [-0.3, -0.25) is 25.2 Å². The van der Waals surface area contributed by atoms with Crippen LogP contribution in [0, 0.1) is 0 Å². The first-order chi connectivity index (χ1) is 7.63. The second kappa shape index (κ2) is 6.19. The summed E-state index contributed by atoms with van der Waals surface area (Å²) in [6.07, 6.45) is 0. The van der Waals surface area contributed by atoms with Gasteiger partial charge in [-0.05, 0) is 7.05 Å². The van der Waals surface area contributed by atoms with Crippen molar-refractivity contribution in [3.63, 3.8) is 0 Å². The van der Waals surface area contributed by atoms with Crippen molar-refractivity contribution in [1.82, 2.24) is 15.5 Å². The molecule has 1 saturated heterocycles. The number of hydrogen-bond acceptors (Lipinski definition) is 5. The molecule has 0 aromatic rings. The van der Waals surface area contributed by atoms with E-state index in [1.165, 1.54) is 0 Å². The maximum atomic E-state index is 10.8. The van der Waals surface area contributed by atoms with E-state index in [2.05, 4.69) is 15.6 Å². The molecule has 2 amide bonds. The molecular weight excluding hydrogens is 212 g/mol. The van der Waals surface area contributed by atoms with Crippen molar-refractivity contribution in [2.24, 2.45) is 4.99 Å². The van der Waals surface area contributed by atoms with Crippen LogP contribution in [0.4, 0.5) is 0 Å². The largest absolute Gasteiger partial charge is 0.383 e. The Hall–Kier alpha value is -1.47. The van der Waals surface area contributed by atoms with Crippen LogP contribution in [0.5, 0.6) is 0 Å². The summed E-state index contributed by atoms with van der Waals surface area (Å²) < 4.78 is 4.93. The SMILES string of the molecule is COCCN(C)CCN=C1NC(=O)C(=O)N1. The Kier molecular flexibility index (Phi) is 4.87. The average Bonchev–Trinajstić information content (AvgIpc) is 2.55. The Morgan fingerprint density at radius 1 is 1.25 bits per heavy atom. The predicted molar refractivity (Wildman–Crippen MR) is 58.0 cm³/mol. The van der Waals surface area contributed by atoms with Gasteiger partial charge in [-0.2, -0.15) is 0 Å². The smallest absolute Gasteiger partial charge is 0.316 e. The van der Waals surface area contributed by atoms with Crippen molar-refractivity contribution in [2.75, 3.05) is 40.4 Å². The molecule has 0 spiro atoms. The van der Waals surface area contributed by atoms with Crippen molar-refractivity contribution in [1.29, 1.82) is 0 Å². The molecule has 0 unspecified atom stereocenters. The third kappa shape index (κ3) is 3.95. The van der Waals surface area contributed by atoms with E-state index in [0.29, 0.717) is 13.2 Å². The van der Waals surface area contributed by atoms with Crippen molar-refractivity contribution in [3.8, 4) is 0 Å². The highest BCUT2D eigenvalue weighted by Crippen LogP contribution is 1.86. The molecule has 0 radical (unpaired) electrons. The molecule has 7 nitrogen and oxygen atoms in total. The Balaban J connectivity index is 2.22. The molecular formula is C9H16N4O3. The molecule has 16 heavy (non-hydrogen) atoms. The van der Waals surface area contributed by atoms with Crippen LogP contribution in [-0.2, 0) is 14.3 Å². The maximum absolute atomic E-state index is 10.8. The summed E-state index contributed by atoms with van der Waals surface area (Å²) in [4.78, 5) is 27.7. The lowest BCUT2D eigenvalue weighted by atomic mass is 10.5.